The molecule has 4 N–H and O–H groups in total. The van der Waals surface area contributed by atoms with Crippen LogP contribution in [0.2, 0.25) is 0 Å². The van der Waals surface area contributed by atoms with Gasteiger partial charge in [-0.15, -0.1) is 11.3 Å². The maximum absolute atomic E-state index is 13.0. The molecule has 2 amide bonds. The number of amides is 2. The zero-order valence-electron chi connectivity index (χ0n) is 15.4. The predicted octanol–water partition coefficient (Wildman–Crippen LogP) is 1.52. The number of carbonyl (C=O) groups is 2. The number of hydrogen-bond donors (Lipinski definition) is 3. The predicted molar refractivity (Wildman–Crippen MR) is 103 cm³/mol. The van der Waals surface area contributed by atoms with Gasteiger partial charge >= 0.3 is 0 Å². The molecule has 0 spiro atoms. The van der Waals surface area contributed by atoms with Gasteiger partial charge in [0.15, 0.2) is 0 Å². The molecule has 1 aromatic heterocycles. The Kier molecular flexibility index (Phi) is 6.24. The highest BCUT2D eigenvalue weighted by molar-refractivity contribution is 7.91. The zero-order valence-corrected chi connectivity index (χ0v) is 17.0. The smallest absolute Gasteiger partial charge is 0.256 e. The minimum Gasteiger partial charge on any atom is -0.381 e. The Morgan fingerprint density at radius 3 is 2.36 bits per heavy atom. The van der Waals surface area contributed by atoms with E-state index in [0.29, 0.717) is 16.9 Å². The summed E-state index contributed by atoms with van der Waals surface area (Å²) in [5, 5.41) is 12.0. The van der Waals surface area contributed by atoms with Crippen molar-refractivity contribution in [3.05, 3.63) is 47.3 Å². The second-order valence-electron chi connectivity index (χ2n) is 6.57. The average Bonchev–Trinajstić information content (AvgIpc) is 3.01. The van der Waals surface area contributed by atoms with E-state index in [1.165, 1.54) is 45.2 Å². The molecular formula is C17H20FN3O5S2. The molecule has 152 valence electrons. The Balaban J connectivity index is 2.34. The number of rotatable bonds is 7. The standard InChI is InChI=1S/C17H20FN3O5S2/c1-17(2,24)16(23)20-15-12(14(19)22)8-13(27-15)28(25,26)21(3)9-10-4-6-11(18)7-5-10/h4-8,24H,9H2,1-3H3,(H2,19,22)(H,20,23). The maximum atomic E-state index is 13.0. The van der Waals surface area contributed by atoms with Crippen LogP contribution in [0.25, 0.3) is 0 Å². The van der Waals surface area contributed by atoms with E-state index in [-0.39, 0.29) is 21.3 Å². The summed E-state index contributed by atoms with van der Waals surface area (Å²) in [6, 6.07) is 6.43. The van der Waals surface area contributed by atoms with Gasteiger partial charge in [-0.25, -0.2) is 12.8 Å². The third kappa shape index (κ3) is 4.93. The van der Waals surface area contributed by atoms with Crippen molar-refractivity contribution in [1.82, 2.24) is 4.31 Å². The molecule has 0 bridgehead atoms. The van der Waals surface area contributed by atoms with E-state index in [0.717, 1.165) is 10.4 Å². The van der Waals surface area contributed by atoms with Gasteiger partial charge < -0.3 is 16.2 Å². The summed E-state index contributed by atoms with van der Waals surface area (Å²) in [6.07, 6.45) is 0. The molecule has 11 heteroatoms. The number of thiophene rings is 1. The normalized spacial score (nSPS) is 12.2. The molecule has 0 unspecified atom stereocenters. The molecule has 0 atom stereocenters. The molecule has 2 rings (SSSR count). The van der Waals surface area contributed by atoms with Gasteiger partial charge in [0.25, 0.3) is 21.8 Å². The van der Waals surface area contributed by atoms with Crippen LogP contribution in [-0.4, -0.2) is 42.3 Å². The van der Waals surface area contributed by atoms with Crippen molar-refractivity contribution in [1.29, 1.82) is 0 Å². The molecule has 0 radical (unpaired) electrons. The number of carbonyl (C=O) groups excluding carboxylic acids is 2. The van der Waals surface area contributed by atoms with Crippen LogP contribution in [0, 0.1) is 5.82 Å². The summed E-state index contributed by atoms with van der Waals surface area (Å²) in [5.74, 6) is -2.18. The molecule has 0 saturated heterocycles. The molecule has 0 fully saturated rings. The minimum absolute atomic E-state index is 0.0300. The van der Waals surface area contributed by atoms with Crippen molar-refractivity contribution in [2.24, 2.45) is 5.73 Å². The first-order valence-corrected chi connectivity index (χ1v) is 10.3. The Morgan fingerprint density at radius 2 is 1.86 bits per heavy atom. The monoisotopic (exact) mass is 429 g/mol. The number of aliphatic hydroxyl groups is 1. The van der Waals surface area contributed by atoms with Crippen LogP contribution in [0.3, 0.4) is 0 Å². The lowest BCUT2D eigenvalue weighted by molar-refractivity contribution is -0.130. The van der Waals surface area contributed by atoms with Gasteiger partial charge in [-0.3, -0.25) is 9.59 Å². The first-order valence-electron chi connectivity index (χ1n) is 8.00. The first kappa shape index (κ1) is 22.0. The summed E-state index contributed by atoms with van der Waals surface area (Å²) >= 11 is 0.647. The molecule has 1 heterocycles. The van der Waals surface area contributed by atoms with Crippen LogP contribution >= 0.6 is 11.3 Å². The van der Waals surface area contributed by atoms with E-state index in [4.69, 9.17) is 5.73 Å². The van der Waals surface area contributed by atoms with E-state index in [1.807, 2.05) is 0 Å². The lowest BCUT2D eigenvalue weighted by Gasteiger charge is -2.16. The van der Waals surface area contributed by atoms with Gasteiger partial charge in [-0.05, 0) is 37.6 Å². The maximum Gasteiger partial charge on any atom is 0.256 e. The van der Waals surface area contributed by atoms with Crippen molar-refractivity contribution < 1.29 is 27.5 Å². The van der Waals surface area contributed by atoms with E-state index >= 15 is 0 Å². The van der Waals surface area contributed by atoms with Gasteiger partial charge in [0.2, 0.25) is 0 Å². The van der Waals surface area contributed by atoms with E-state index in [1.54, 1.807) is 0 Å². The summed E-state index contributed by atoms with van der Waals surface area (Å²) in [4.78, 5) is 23.6. The molecule has 0 saturated carbocycles. The fraction of sp³-hybridized carbons (Fsp3) is 0.294. The van der Waals surface area contributed by atoms with E-state index < -0.39 is 33.3 Å². The van der Waals surface area contributed by atoms with Gasteiger partial charge in [-0.1, -0.05) is 12.1 Å². The summed E-state index contributed by atoms with van der Waals surface area (Å²) < 4.78 is 39.5. The number of hydrogen-bond acceptors (Lipinski definition) is 6. The largest absolute Gasteiger partial charge is 0.381 e. The average molecular weight is 429 g/mol. The van der Waals surface area contributed by atoms with Gasteiger partial charge in [0, 0.05) is 13.6 Å². The second kappa shape index (κ2) is 7.95. The number of nitrogens with zero attached hydrogens (tertiary/aromatic N) is 1. The summed E-state index contributed by atoms with van der Waals surface area (Å²) in [6.45, 7) is 2.46. The topological polar surface area (TPSA) is 130 Å². The molecular weight excluding hydrogens is 409 g/mol. The number of halogens is 1. The molecule has 8 nitrogen and oxygen atoms in total. The summed E-state index contributed by atoms with van der Waals surface area (Å²) in [7, 11) is -2.69. The number of nitrogens with one attached hydrogen (secondary N) is 1. The van der Waals surface area contributed by atoms with Crippen molar-refractivity contribution >= 4 is 38.2 Å². The van der Waals surface area contributed by atoms with E-state index in [2.05, 4.69) is 5.32 Å². The van der Waals surface area contributed by atoms with Crippen molar-refractivity contribution in [3.8, 4) is 0 Å². The number of anilines is 1. The SMILES string of the molecule is CN(Cc1ccc(F)cc1)S(=O)(=O)c1cc(C(N)=O)c(NC(=O)C(C)(C)O)s1. The second-order valence-corrected chi connectivity index (χ2v) is 9.90. The number of benzene rings is 1. The Bertz CT molecular complexity index is 995. The third-order valence-electron chi connectivity index (χ3n) is 3.74. The number of nitrogens with two attached hydrogens (primary N) is 1. The van der Waals surface area contributed by atoms with Crippen LogP contribution < -0.4 is 11.1 Å². The van der Waals surface area contributed by atoms with Crippen LogP contribution in [0.1, 0.15) is 29.8 Å². The Morgan fingerprint density at radius 1 is 1.29 bits per heavy atom. The Labute approximate surface area is 165 Å². The number of sulfonamides is 1. The molecule has 2 aromatic rings. The van der Waals surface area contributed by atoms with Crippen LogP contribution in [-0.2, 0) is 21.4 Å². The first-order chi connectivity index (χ1) is 12.8. The van der Waals surface area contributed by atoms with Crippen LogP contribution in [0.4, 0.5) is 9.39 Å². The Hall–Kier alpha value is -2.34. The lowest BCUT2D eigenvalue weighted by atomic mass is 10.1. The van der Waals surface area contributed by atoms with Crippen molar-refractivity contribution in [2.45, 2.75) is 30.2 Å². The third-order valence-corrected chi connectivity index (χ3v) is 7.04. The van der Waals surface area contributed by atoms with Gasteiger partial charge in [0.1, 0.15) is 20.6 Å². The highest BCUT2D eigenvalue weighted by atomic mass is 32.2. The lowest BCUT2D eigenvalue weighted by Crippen LogP contribution is -2.36. The van der Waals surface area contributed by atoms with Gasteiger partial charge in [0.05, 0.1) is 5.56 Å². The fourth-order valence-electron chi connectivity index (χ4n) is 2.11. The molecule has 0 aliphatic heterocycles. The van der Waals surface area contributed by atoms with Crippen LogP contribution in [0.15, 0.2) is 34.5 Å². The highest BCUT2D eigenvalue weighted by Crippen LogP contribution is 2.33. The zero-order chi connectivity index (χ0) is 21.3. The fourth-order valence-corrected chi connectivity index (χ4v) is 4.85. The molecule has 0 aliphatic carbocycles. The van der Waals surface area contributed by atoms with Crippen LogP contribution in [0.5, 0.6) is 0 Å². The quantitative estimate of drug-likeness (QED) is 0.614. The highest BCUT2D eigenvalue weighted by Gasteiger charge is 2.30. The van der Waals surface area contributed by atoms with E-state index in [9.17, 15) is 27.5 Å². The van der Waals surface area contributed by atoms with Crippen molar-refractivity contribution in [3.63, 3.8) is 0 Å². The molecule has 1 aromatic carbocycles. The van der Waals surface area contributed by atoms with Gasteiger partial charge in [-0.2, -0.15) is 4.31 Å². The molecule has 0 aliphatic rings. The number of primary amides is 1. The minimum atomic E-state index is -4.02. The molecule has 28 heavy (non-hydrogen) atoms. The van der Waals surface area contributed by atoms with Crippen molar-refractivity contribution in [2.75, 3.05) is 12.4 Å². The summed E-state index contributed by atoms with van der Waals surface area (Å²) in [5.41, 5.74) is 3.92.